The molecule has 0 aromatic heterocycles. The molecule has 5 heteroatoms. The van der Waals surface area contributed by atoms with Crippen LogP contribution in [-0.4, -0.2) is 26.3 Å². The van der Waals surface area contributed by atoms with Crippen molar-refractivity contribution >= 4 is 37.4 Å². The lowest BCUT2D eigenvalue weighted by Gasteiger charge is -2.14. The van der Waals surface area contributed by atoms with E-state index in [1.165, 1.54) is 11.8 Å². The highest BCUT2D eigenvalue weighted by Crippen LogP contribution is 2.22. The number of benzene rings is 1. The van der Waals surface area contributed by atoms with Gasteiger partial charge in [0.25, 0.3) is 0 Å². The molecule has 1 aromatic rings. The molecule has 0 saturated heterocycles. The summed E-state index contributed by atoms with van der Waals surface area (Å²) in [5.74, 6) is 1.13. The zero-order chi connectivity index (χ0) is 13.6. The fourth-order valence-electron chi connectivity index (χ4n) is 1.84. The lowest BCUT2D eigenvalue weighted by Crippen LogP contribution is -2.10. The molecule has 1 atom stereocenters. The fourth-order valence-corrected chi connectivity index (χ4v) is 3.24. The topological polar surface area (TPSA) is 34.1 Å². The van der Waals surface area contributed by atoms with Crippen LogP contribution in [0.4, 0.5) is 0 Å². The largest absolute Gasteiger partial charge is 0.229 e. The highest BCUT2D eigenvalue weighted by Gasteiger charge is 2.12. The Kier molecular flexibility index (Phi) is 6.67. The van der Waals surface area contributed by atoms with Gasteiger partial charge in [-0.25, -0.2) is 8.42 Å². The number of hydrogen-bond acceptors (Lipinski definition) is 2. The Morgan fingerprint density at radius 1 is 1.33 bits per heavy atom. The van der Waals surface area contributed by atoms with Gasteiger partial charge < -0.3 is 0 Å². The summed E-state index contributed by atoms with van der Waals surface area (Å²) in [6.07, 6.45) is 3.68. The monoisotopic (exact) mass is 352 g/mol. The van der Waals surface area contributed by atoms with E-state index in [2.05, 4.69) is 22.0 Å². The summed E-state index contributed by atoms with van der Waals surface area (Å²) in [6.45, 7) is 0. The highest BCUT2D eigenvalue weighted by atomic mass is 79.9. The molecule has 0 amide bonds. The van der Waals surface area contributed by atoms with E-state index >= 15 is 0 Å². The van der Waals surface area contributed by atoms with Crippen molar-refractivity contribution in [2.45, 2.75) is 19.3 Å². The van der Waals surface area contributed by atoms with Crippen molar-refractivity contribution < 1.29 is 8.42 Å². The van der Waals surface area contributed by atoms with Gasteiger partial charge >= 0.3 is 0 Å². The molecule has 0 saturated carbocycles. The van der Waals surface area contributed by atoms with Crippen molar-refractivity contribution in [3.63, 3.8) is 0 Å². The first-order valence-electron chi connectivity index (χ1n) is 5.89. The number of alkyl halides is 1. The summed E-state index contributed by atoms with van der Waals surface area (Å²) in [4.78, 5) is 0. The zero-order valence-electron chi connectivity index (χ0n) is 10.4. The van der Waals surface area contributed by atoms with Gasteiger partial charge in [-0.15, -0.1) is 11.6 Å². The zero-order valence-corrected chi connectivity index (χ0v) is 13.6. The molecular weight excluding hydrogens is 336 g/mol. The standard InChI is InChI=1S/C13H18BrClO2S/c1-18(16,17)8-4-5-11(10-15)9-12-6-2-3-7-13(12)14/h2-3,6-7,11H,4-5,8-10H2,1H3. The number of rotatable bonds is 7. The molecule has 0 fully saturated rings. The van der Waals surface area contributed by atoms with E-state index < -0.39 is 9.84 Å². The first kappa shape index (κ1) is 16.0. The van der Waals surface area contributed by atoms with Crippen LogP contribution in [0.5, 0.6) is 0 Å². The van der Waals surface area contributed by atoms with Gasteiger partial charge in [0.15, 0.2) is 0 Å². The number of halogens is 2. The van der Waals surface area contributed by atoms with Gasteiger partial charge in [-0.2, -0.15) is 0 Å². The third-order valence-corrected chi connectivity index (χ3v) is 5.05. The van der Waals surface area contributed by atoms with Crippen molar-refractivity contribution in [1.29, 1.82) is 0 Å². The van der Waals surface area contributed by atoms with Crippen LogP contribution in [0.3, 0.4) is 0 Å². The predicted octanol–water partition coefficient (Wildman–Crippen LogP) is 3.67. The Labute approximate surface area is 123 Å². The molecule has 0 aliphatic rings. The van der Waals surface area contributed by atoms with E-state index in [4.69, 9.17) is 11.6 Å². The second kappa shape index (κ2) is 7.51. The summed E-state index contributed by atoms with van der Waals surface area (Å²) in [7, 11) is -2.86. The maximum Gasteiger partial charge on any atom is 0.147 e. The van der Waals surface area contributed by atoms with Crippen LogP contribution in [0, 0.1) is 5.92 Å². The third-order valence-electron chi connectivity index (χ3n) is 2.81. The normalized spacial score (nSPS) is 13.5. The van der Waals surface area contributed by atoms with Crippen LogP contribution in [0.2, 0.25) is 0 Å². The molecule has 2 nitrogen and oxygen atoms in total. The lowest BCUT2D eigenvalue weighted by molar-refractivity contribution is 0.523. The SMILES string of the molecule is CS(=O)(=O)CCCC(CCl)Cc1ccccc1Br. The number of hydrogen-bond donors (Lipinski definition) is 0. The predicted molar refractivity (Wildman–Crippen MR) is 81.0 cm³/mol. The minimum absolute atomic E-state index is 0.246. The molecule has 0 spiro atoms. The second-order valence-corrected chi connectivity index (χ2v) is 8.01. The molecule has 0 aliphatic heterocycles. The molecule has 0 bridgehead atoms. The van der Waals surface area contributed by atoms with Crippen LogP contribution >= 0.6 is 27.5 Å². The molecule has 1 rings (SSSR count). The average Bonchev–Trinajstić information content (AvgIpc) is 2.29. The Morgan fingerprint density at radius 2 is 2.00 bits per heavy atom. The Balaban J connectivity index is 2.50. The summed E-state index contributed by atoms with van der Waals surface area (Å²) in [5, 5.41) is 0. The molecule has 0 radical (unpaired) electrons. The molecule has 0 N–H and O–H groups in total. The molecule has 1 unspecified atom stereocenters. The van der Waals surface area contributed by atoms with E-state index in [0.29, 0.717) is 18.2 Å². The van der Waals surface area contributed by atoms with E-state index in [-0.39, 0.29) is 5.75 Å². The smallest absolute Gasteiger partial charge is 0.147 e. The Morgan fingerprint density at radius 3 is 2.56 bits per heavy atom. The quantitative estimate of drug-likeness (QED) is 0.701. The van der Waals surface area contributed by atoms with Crippen molar-refractivity contribution in [2.75, 3.05) is 17.9 Å². The molecule has 18 heavy (non-hydrogen) atoms. The Bertz CT molecular complexity index is 474. The summed E-state index contributed by atoms with van der Waals surface area (Å²) >= 11 is 9.47. The van der Waals surface area contributed by atoms with E-state index in [1.807, 2.05) is 18.2 Å². The fraction of sp³-hybridized carbons (Fsp3) is 0.538. The van der Waals surface area contributed by atoms with Crippen LogP contribution in [-0.2, 0) is 16.3 Å². The van der Waals surface area contributed by atoms with Gasteiger partial charge in [-0.05, 0) is 36.8 Å². The number of sulfone groups is 1. The van der Waals surface area contributed by atoms with Crippen molar-refractivity contribution in [3.05, 3.63) is 34.3 Å². The maximum atomic E-state index is 11.1. The average molecular weight is 354 g/mol. The van der Waals surface area contributed by atoms with E-state index in [0.717, 1.165) is 17.3 Å². The lowest BCUT2D eigenvalue weighted by atomic mass is 9.97. The van der Waals surface area contributed by atoms with Crippen LogP contribution in [0.1, 0.15) is 18.4 Å². The van der Waals surface area contributed by atoms with Crippen LogP contribution in [0.15, 0.2) is 28.7 Å². The minimum Gasteiger partial charge on any atom is -0.229 e. The van der Waals surface area contributed by atoms with Gasteiger partial charge in [-0.3, -0.25) is 0 Å². The molecule has 0 heterocycles. The summed E-state index contributed by atoms with van der Waals surface area (Å²) in [5.41, 5.74) is 1.22. The van der Waals surface area contributed by atoms with E-state index in [1.54, 1.807) is 0 Å². The molecule has 0 aliphatic carbocycles. The molecule has 1 aromatic carbocycles. The van der Waals surface area contributed by atoms with Gasteiger partial charge in [-0.1, -0.05) is 34.1 Å². The second-order valence-electron chi connectivity index (χ2n) is 4.59. The summed E-state index contributed by atoms with van der Waals surface area (Å²) < 4.78 is 23.2. The maximum absolute atomic E-state index is 11.1. The Hall–Kier alpha value is -0.0600. The van der Waals surface area contributed by atoms with Crippen LogP contribution in [0.25, 0.3) is 0 Å². The first-order valence-corrected chi connectivity index (χ1v) is 9.28. The first-order chi connectivity index (χ1) is 8.42. The molecule has 102 valence electrons. The van der Waals surface area contributed by atoms with Crippen molar-refractivity contribution in [3.8, 4) is 0 Å². The summed E-state index contributed by atoms with van der Waals surface area (Å²) in [6, 6.07) is 8.06. The van der Waals surface area contributed by atoms with Gasteiger partial charge in [0.2, 0.25) is 0 Å². The highest BCUT2D eigenvalue weighted by molar-refractivity contribution is 9.10. The van der Waals surface area contributed by atoms with Crippen molar-refractivity contribution in [1.82, 2.24) is 0 Å². The van der Waals surface area contributed by atoms with Gasteiger partial charge in [0.1, 0.15) is 9.84 Å². The third kappa shape index (κ3) is 6.21. The molecular formula is C13H18BrClO2S. The van der Waals surface area contributed by atoms with Crippen LogP contribution < -0.4 is 0 Å². The van der Waals surface area contributed by atoms with E-state index in [9.17, 15) is 8.42 Å². The van der Waals surface area contributed by atoms with Gasteiger partial charge in [0.05, 0.1) is 0 Å². The van der Waals surface area contributed by atoms with Crippen molar-refractivity contribution in [2.24, 2.45) is 5.92 Å². The van der Waals surface area contributed by atoms with Gasteiger partial charge in [0, 0.05) is 22.4 Å². The minimum atomic E-state index is -2.86.